The number of anilines is 1. The fraction of sp³-hybridized carbons (Fsp3) is 0.400. The summed E-state index contributed by atoms with van der Waals surface area (Å²) < 4.78 is 35.4. The number of nitrogens with zero attached hydrogens (tertiary/aromatic N) is 5. The Labute approximate surface area is 171 Å². The third kappa shape index (κ3) is 3.27. The summed E-state index contributed by atoms with van der Waals surface area (Å²) in [4.78, 5) is 12.2. The summed E-state index contributed by atoms with van der Waals surface area (Å²) in [5.41, 5.74) is 2.74. The highest BCUT2D eigenvalue weighted by atomic mass is 16.5. The Morgan fingerprint density at radius 1 is 1.24 bits per heavy atom. The van der Waals surface area contributed by atoms with E-state index in [1.807, 2.05) is 18.3 Å². The zero-order valence-corrected chi connectivity index (χ0v) is 15.9. The minimum atomic E-state index is -2.65. The lowest BCUT2D eigenvalue weighted by molar-refractivity contribution is 0.0681. The van der Waals surface area contributed by atoms with Crippen molar-refractivity contribution in [3.63, 3.8) is 0 Å². The van der Waals surface area contributed by atoms with E-state index >= 15 is 0 Å². The maximum absolute atomic E-state index is 7.61. The van der Waals surface area contributed by atoms with E-state index in [-0.39, 0.29) is 18.0 Å². The van der Waals surface area contributed by atoms with Crippen molar-refractivity contribution in [1.29, 1.82) is 0 Å². The summed E-state index contributed by atoms with van der Waals surface area (Å²) in [5, 5.41) is 11.7. The number of hydrogen-bond donors (Lipinski definition) is 2. The average molecular weight is 396 g/mol. The number of nitrogens with one attached hydrogen (secondary N) is 2. The van der Waals surface area contributed by atoms with Gasteiger partial charge >= 0.3 is 0 Å². The van der Waals surface area contributed by atoms with Crippen LogP contribution in [0, 0.1) is 0 Å². The molecule has 150 valence electrons. The van der Waals surface area contributed by atoms with E-state index in [1.54, 1.807) is 24.0 Å². The molecule has 2 N–H and O–H groups in total. The second-order valence-electron chi connectivity index (χ2n) is 7.25. The molecular formula is C20H23N7O2. The van der Waals surface area contributed by atoms with Gasteiger partial charge in [-0.1, -0.05) is 0 Å². The van der Waals surface area contributed by atoms with E-state index in [4.69, 9.17) is 13.6 Å². The molecule has 4 aromatic heterocycles. The zero-order valence-electron chi connectivity index (χ0n) is 18.9. The molecular weight excluding hydrogens is 370 g/mol. The molecule has 9 heteroatoms. The molecule has 1 fully saturated rings. The summed E-state index contributed by atoms with van der Waals surface area (Å²) in [5.74, 6) is 0.337. The predicted octanol–water partition coefficient (Wildman–Crippen LogP) is 3.05. The van der Waals surface area contributed by atoms with E-state index in [9.17, 15) is 0 Å². The number of H-pyrrole nitrogens is 1. The van der Waals surface area contributed by atoms with Crippen LogP contribution in [0.15, 0.2) is 30.9 Å². The van der Waals surface area contributed by atoms with Crippen molar-refractivity contribution in [2.45, 2.75) is 37.8 Å². The SMILES string of the molecule is [2H]C([2H])([2H])Oc1nc(NC2CCC(OC)CC2)nc2[nH]cc(-c3ccc4nncn4c3)c12. The van der Waals surface area contributed by atoms with Gasteiger partial charge in [-0.05, 0) is 37.8 Å². The number of fused-ring (bicyclic) bond motifs is 2. The third-order valence-corrected chi connectivity index (χ3v) is 5.54. The fourth-order valence-corrected chi connectivity index (χ4v) is 3.98. The first kappa shape index (κ1) is 14.7. The van der Waals surface area contributed by atoms with E-state index in [0.29, 0.717) is 22.6 Å². The Bertz CT molecular complexity index is 1250. The third-order valence-electron chi connectivity index (χ3n) is 5.54. The lowest BCUT2D eigenvalue weighted by Gasteiger charge is -2.28. The molecule has 0 aliphatic heterocycles. The van der Waals surface area contributed by atoms with Crippen molar-refractivity contribution in [3.05, 3.63) is 30.9 Å². The Kier molecular flexibility index (Phi) is 3.72. The maximum atomic E-state index is 7.61. The number of rotatable bonds is 5. The van der Waals surface area contributed by atoms with Gasteiger partial charge in [-0.2, -0.15) is 9.97 Å². The normalized spacial score (nSPS) is 21.6. The first-order chi connectivity index (χ1) is 15.4. The molecule has 4 aromatic rings. The van der Waals surface area contributed by atoms with Gasteiger partial charge in [0.2, 0.25) is 11.8 Å². The van der Waals surface area contributed by atoms with Crippen LogP contribution in [-0.4, -0.2) is 55.8 Å². The van der Waals surface area contributed by atoms with Gasteiger partial charge in [0, 0.05) is 36.7 Å². The van der Waals surface area contributed by atoms with Gasteiger partial charge in [0.15, 0.2) is 5.65 Å². The van der Waals surface area contributed by atoms with E-state index in [0.717, 1.165) is 36.8 Å². The van der Waals surface area contributed by atoms with E-state index in [1.165, 1.54) is 0 Å². The lowest BCUT2D eigenvalue weighted by atomic mass is 9.93. The number of methoxy groups -OCH3 is 2. The highest BCUT2D eigenvalue weighted by Crippen LogP contribution is 2.34. The number of ether oxygens (including phenoxy) is 2. The van der Waals surface area contributed by atoms with Gasteiger partial charge in [-0.3, -0.25) is 4.40 Å². The summed E-state index contributed by atoms with van der Waals surface area (Å²) in [6.07, 6.45) is 9.25. The zero-order chi connectivity index (χ0) is 22.3. The first-order valence-electron chi connectivity index (χ1n) is 11.1. The highest BCUT2D eigenvalue weighted by molar-refractivity contribution is 5.97. The quantitative estimate of drug-likeness (QED) is 0.534. The molecule has 4 heterocycles. The minimum Gasteiger partial charge on any atom is -0.480 e. The van der Waals surface area contributed by atoms with E-state index < -0.39 is 7.04 Å². The maximum Gasteiger partial charge on any atom is 0.228 e. The number of aromatic amines is 1. The molecule has 9 nitrogen and oxygen atoms in total. The van der Waals surface area contributed by atoms with Crippen LogP contribution in [-0.2, 0) is 4.74 Å². The topological polar surface area (TPSA) is 102 Å². The molecule has 0 atom stereocenters. The Hall–Kier alpha value is -3.20. The minimum absolute atomic E-state index is 0.00294. The lowest BCUT2D eigenvalue weighted by Crippen LogP contribution is -2.29. The van der Waals surface area contributed by atoms with Crippen LogP contribution in [0.25, 0.3) is 27.8 Å². The molecule has 0 aromatic carbocycles. The van der Waals surface area contributed by atoms with Crippen LogP contribution in [0.2, 0.25) is 0 Å². The fourth-order valence-electron chi connectivity index (χ4n) is 3.98. The smallest absolute Gasteiger partial charge is 0.228 e. The molecule has 0 bridgehead atoms. The van der Waals surface area contributed by atoms with Crippen LogP contribution >= 0.6 is 0 Å². The van der Waals surface area contributed by atoms with Crippen LogP contribution in [0.4, 0.5) is 5.95 Å². The van der Waals surface area contributed by atoms with Gasteiger partial charge in [0.05, 0.1) is 22.6 Å². The van der Waals surface area contributed by atoms with Crippen molar-refractivity contribution in [2.24, 2.45) is 0 Å². The molecule has 0 saturated heterocycles. The van der Waals surface area contributed by atoms with E-state index in [2.05, 4.69) is 30.5 Å². The van der Waals surface area contributed by atoms with Crippen LogP contribution in [0.3, 0.4) is 0 Å². The Morgan fingerprint density at radius 3 is 2.97 bits per heavy atom. The Balaban J connectivity index is 1.53. The predicted molar refractivity (Wildman–Crippen MR) is 109 cm³/mol. The summed E-state index contributed by atoms with van der Waals surface area (Å²) in [6, 6.07) is 3.90. The standard InChI is InChI=1S/C20H23N7O2/c1-28-14-6-4-13(5-7-14)23-20-24-18-17(19(25-20)29-2)15(9-21-18)12-3-8-16-26-22-11-27(16)10-12/h3,8-11,13-14H,4-7H2,1-2H3,(H2,21,23,24,25)/i2D3. The molecule has 5 rings (SSSR count). The molecule has 1 aliphatic rings. The summed E-state index contributed by atoms with van der Waals surface area (Å²) >= 11 is 0. The van der Waals surface area contributed by atoms with Gasteiger partial charge in [0.25, 0.3) is 0 Å². The molecule has 1 aliphatic carbocycles. The molecule has 0 amide bonds. The van der Waals surface area contributed by atoms with Gasteiger partial charge in [-0.15, -0.1) is 10.2 Å². The number of aromatic nitrogens is 6. The second kappa shape index (κ2) is 7.32. The highest BCUT2D eigenvalue weighted by Gasteiger charge is 2.22. The van der Waals surface area contributed by atoms with Crippen LogP contribution in [0.1, 0.15) is 29.8 Å². The molecule has 0 radical (unpaired) electrons. The summed E-state index contributed by atoms with van der Waals surface area (Å²) in [6.45, 7) is 0. The van der Waals surface area contributed by atoms with Crippen molar-refractivity contribution >= 4 is 22.6 Å². The van der Waals surface area contributed by atoms with Crippen LogP contribution < -0.4 is 10.1 Å². The summed E-state index contributed by atoms with van der Waals surface area (Å²) in [7, 11) is -0.917. The van der Waals surface area contributed by atoms with Crippen molar-refractivity contribution < 1.29 is 13.6 Å². The van der Waals surface area contributed by atoms with Gasteiger partial charge in [0.1, 0.15) is 12.0 Å². The van der Waals surface area contributed by atoms with Gasteiger partial charge in [-0.25, -0.2) is 0 Å². The first-order valence-corrected chi connectivity index (χ1v) is 9.57. The molecule has 0 unspecified atom stereocenters. The second-order valence-corrected chi connectivity index (χ2v) is 7.25. The van der Waals surface area contributed by atoms with Crippen molar-refractivity contribution in [2.75, 3.05) is 19.5 Å². The number of hydrogen-bond acceptors (Lipinski definition) is 7. The average Bonchev–Trinajstić information content (AvgIpc) is 3.39. The molecule has 0 spiro atoms. The van der Waals surface area contributed by atoms with Crippen molar-refractivity contribution in [3.8, 4) is 17.0 Å². The monoisotopic (exact) mass is 396 g/mol. The number of pyridine rings is 1. The van der Waals surface area contributed by atoms with Gasteiger partial charge < -0.3 is 19.8 Å². The molecule has 1 saturated carbocycles. The van der Waals surface area contributed by atoms with Crippen LogP contribution in [0.5, 0.6) is 5.88 Å². The Morgan fingerprint density at radius 2 is 2.14 bits per heavy atom. The largest absolute Gasteiger partial charge is 0.480 e. The molecule has 29 heavy (non-hydrogen) atoms. The van der Waals surface area contributed by atoms with Crippen molar-refractivity contribution in [1.82, 2.24) is 29.5 Å².